The lowest BCUT2D eigenvalue weighted by atomic mass is 10.1. The van der Waals surface area contributed by atoms with Gasteiger partial charge in [-0.3, -0.25) is 4.79 Å². The molecule has 0 saturated heterocycles. The van der Waals surface area contributed by atoms with E-state index in [1.807, 2.05) is 24.3 Å². The van der Waals surface area contributed by atoms with Crippen molar-refractivity contribution < 1.29 is 14.3 Å². The number of amides is 1. The summed E-state index contributed by atoms with van der Waals surface area (Å²) in [6, 6.07) is 13.5. The minimum atomic E-state index is -0.131. The molecule has 0 aliphatic heterocycles. The second kappa shape index (κ2) is 11.4. The van der Waals surface area contributed by atoms with E-state index in [9.17, 15) is 4.79 Å². The van der Waals surface area contributed by atoms with E-state index in [2.05, 4.69) is 31.3 Å². The average Bonchev–Trinajstić information content (AvgIpc) is 2.70. The maximum atomic E-state index is 12.6. The molecule has 0 spiro atoms. The molecule has 27 heavy (non-hydrogen) atoms. The lowest BCUT2D eigenvalue weighted by molar-refractivity contribution is 0.102. The zero-order valence-electron chi connectivity index (χ0n) is 16.7. The molecule has 0 saturated carbocycles. The quantitative estimate of drug-likeness (QED) is 0.524. The molecule has 1 amide bonds. The zero-order chi connectivity index (χ0) is 19.5. The van der Waals surface area contributed by atoms with Gasteiger partial charge in [-0.2, -0.15) is 0 Å². The van der Waals surface area contributed by atoms with Crippen molar-refractivity contribution in [1.29, 1.82) is 0 Å². The van der Waals surface area contributed by atoms with Crippen LogP contribution in [0, 0.1) is 0 Å². The number of nitrogens with one attached hydrogen (secondary N) is 1. The van der Waals surface area contributed by atoms with Gasteiger partial charge in [0.2, 0.25) is 0 Å². The van der Waals surface area contributed by atoms with Gasteiger partial charge in [0.15, 0.2) is 0 Å². The van der Waals surface area contributed by atoms with Crippen LogP contribution < -0.4 is 10.1 Å². The summed E-state index contributed by atoms with van der Waals surface area (Å²) in [4.78, 5) is 12.6. The number of ether oxygens (including phenoxy) is 2. The van der Waals surface area contributed by atoms with Gasteiger partial charge in [-0.25, -0.2) is 0 Å². The average molecular weight is 370 g/mol. The first kappa shape index (κ1) is 21.0. The Bertz CT molecular complexity index is 710. The van der Waals surface area contributed by atoms with Crippen LogP contribution in [0.3, 0.4) is 0 Å². The van der Waals surface area contributed by atoms with Crippen molar-refractivity contribution in [3.05, 3.63) is 59.2 Å². The Labute approximate surface area is 162 Å². The predicted octanol–water partition coefficient (Wildman–Crippen LogP) is 5.61. The van der Waals surface area contributed by atoms with Gasteiger partial charge >= 0.3 is 0 Å². The largest absolute Gasteiger partial charge is 0.496 e. The van der Waals surface area contributed by atoms with E-state index in [-0.39, 0.29) is 5.91 Å². The van der Waals surface area contributed by atoms with Crippen LogP contribution in [0.25, 0.3) is 0 Å². The van der Waals surface area contributed by atoms with Crippen molar-refractivity contribution in [2.75, 3.05) is 19.0 Å². The summed E-state index contributed by atoms with van der Waals surface area (Å²) >= 11 is 0. The van der Waals surface area contributed by atoms with Gasteiger partial charge in [-0.15, -0.1) is 0 Å². The highest BCUT2D eigenvalue weighted by Crippen LogP contribution is 2.22. The third-order valence-corrected chi connectivity index (χ3v) is 4.47. The van der Waals surface area contributed by atoms with Crippen molar-refractivity contribution in [3.8, 4) is 5.75 Å². The third-order valence-electron chi connectivity index (χ3n) is 4.47. The van der Waals surface area contributed by atoms with Crippen LogP contribution in [0.2, 0.25) is 0 Å². The summed E-state index contributed by atoms with van der Waals surface area (Å²) in [5, 5.41) is 2.96. The van der Waals surface area contributed by atoms with Gasteiger partial charge in [0.25, 0.3) is 5.91 Å². The van der Waals surface area contributed by atoms with Crippen LogP contribution in [0.15, 0.2) is 42.5 Å². The summed E-state index contributed by atoms with van der Waals surface area (Å²) in [7, 11) is 1.63. The van der Waals surface area contributed by atoms with Crippen molar-refractivity contribution in [2.24, 2.45) is 0 Å². The summed E-state index contributed by atoms with van der Waals surface area (Å²) in [5.41, 5.74) is 3.58. The Morgan fingerprint density at radius 2 is 1.74 bits per heavy atom. The highest BCUT2D eigenvalue weighted by atomic mass is 16.5. The lowest BCUT2D eigenvalue weighted by Crippen LogP contribution is -2.12. The molecule has 2 aromatic rings. The fourth-order valence-electron chi connectivity index (χ4n) is 2.80. The zero-order valence-corrected chi connectivity index (χ0v) is 16.7. The standard InChI is InChI=1S/C23H31NO3/c1-4-6-8-18-9-12-21(13-10-18)24-23(25)19-11-14-22(26-3)20(16-19)17-27-15-7-5-2/h9-14,16H,4-8,15,17H2,1-3H3,(H,24,25). The van der Waals surface area contributed by atoms with Crippen molar-refractivity contribution >= 4 is 11.6 Å². The molecule has 0 bridgehead atoms. The van der Waals surface area contributed by atoms with Gasteiger partial charge in [0.1, 0.15) is 5.75 Å². The molecule has 0 unspecified atom stereocenters. The second-order valence-electron chi connectivity index (χ2n) is 6.69. The van der Waals surface area contributed by atoms with E-state index in [0.717, 1.165) is 36.3 Å². The Balaban J connectivity index is 2.02. The minimum Gasteiger partial charge on any atom is -0.496 e. The second-order valence-corrected chi connectivity index (χ2v) is 6.69. The van der Waals surface area contributed by atoms with Crippen LogP contribution in [-0.4, -0.2) is 19.6 Å². The minimum absolute atomic E-state index is 0.131. The first-order chi connectivity index (χ1) is 13.2. The molecule has 146 valence electrons. The molecule has 0 atom stereocenters. The third kappa shape index (κ3) is 6.72. The molecular formula is C23H31NO3. The molecule has 0 aliphatic carbocycles. The molecule has 0 heterocycles. The SMILES string of the molecule is CCCCOCc1cc(C(=O)Nc2ccc(CCCC)cc2)ccc1OC. The molecule has 4 heteroatoms. The molecule has 2 aromatic carbocycles. The molecule has 1 N–H and O–H groups in total. The van der Waals surface area contributed by atoms with E-state index in [0.29, 0.717) is 18.8 Å². The Kier molecular flexibility index (Phi) is 8.85. The number of anilines is 1. The number of methoxy groups -OCH3 is 1. The highest BCUT2D eigenvalue weighted by molar-refractivity contribution is 6.04. The number of benzene rings is 2. The van der Waals surface area contributed by atoms with E-state index in [4.69, 9.17) is 9.47 Å². The monoisotopic (exact) mass is 369 g/mol. The van der Waals surface area contributed by atoms with E-state index >= 15 is 0 Å². The van der Waals surface area contributed by atoms with Crippen molar-refractivity contribution in [1.82, 2.24) is 0 Å². The van der Waals surface area contributed by atoms with Crippen molar-refractivity contribution in [2.45, 2.75) is 52.6 Å². The van der Waals surface area contributed by atoms with Crippen molar-refractivity contribution in [3.63, 3.8) is 0 Å². The smallest absolute Gasteiger partial charge is 0.255 e. The van der Waals surface area contributed by atoms with E-state index in [1.165, 1.54) is 18.4 Å². The molecule has 0 aromatic heterocycles. The number of unbranched alkanes of at least 4 members (excludes halogenated alkanes) is 2. The molecule has 2 rings (SSSR count). The van der Waals surface area contributed by atoms with Gasteiger partial charge < -0.3 is 14.8 Å². The Morgan fingerprint density at radius 1 is 1.00 bits per heavy atom. The molecule has 0 radical (unpaired) electrons. The summed E-state index contributed by atoms with van der Waals surface area (Å²) in [6.07, 6.45) is 5.55. The molecule has 4 nitrogen and oxygen atoms in total. The van der Waals surface area contributed by atoms with Crippen LogP contribution in [0.5, 0.6) is 5.75 Å². The molecular weight excluding hydrogens is 338 g/mol. The maximum absolute atomic E-state index is 12.6. The van der Waals surface area contributed by atoms with Gasteiger partial charge in [-0.1, -0.05) is 38.8 Å². The Hall–Kier alpha value is -2.33. The summed E-state index contributed by atoms with van der Waals surface area (Å²) in [5.74, 6) is 0.608. The van der Waals surface area contributed by atoms with E-state index in [1.54, 1.807) is 13.2 Å². The lowest BCUT2D eigenvalue weighted by Gasteiger charge is -2.12. The van der Waals surface area contributed by atoms with Crippen LogP contribution in [0.4, 0.5) is 5.69 Å². The Morgan fingerprint density at radius 3 is 2.41 bits per heavy atom. The van der Waals surface area contributed by atoms with Crippen LogP contribution >= 0.6 is 0 Å². The number of aryl methyl sites for hydroxylation is 1. The van der Waals surface area contributed by atoms with Crippen LogP contribution in [0.1, 0.15) is 61.0 Å². The number of carbonyl (C=O) groups is 1. The van der Waals surface area contributed by atoms with Gasteiger partial charge in [0.05, 0.1) is 13.7 Å². The predicted molar refractivity (Wildman–Crippen MR) is 111 cm³/mol. The van der Waals surface area contributed by atoms with E-state index < -0.39 is 0 Å². The summed E-state index contributed by atoms with van der Waals surface area (Å²) < 4.78 is 11.1. The first-order valence-electron chi connectivity index (χ1n) is 9.82. The number of hydrogen-bond acceptors (Lipinski definition) is 3. The normalized spacial score (nSPS) is 10.6. The summed E-state index contributed by atoms with van der Waals surface area (Å²) in [6.45, 7) is 5.47. The van der Waals surface area contributed by atoms with Gasteiger partial charge in [0, 0.05) is 23.4 Å². The maximum Gasteiger partial charge on any atom is 0.255 e. The fraction of sp³-hybridized carbons (Fsp3) is 0.435. The van der Waals surface area contributed by atoms with Crippen LogP contribution in [-0.2, 0) is 17.8 Å². The molecule has 0 aliphatic rings. The van der Waals surface area contributed by atoms with Gasteiger partial charge in [-0.05, 0) is 55.2 Å². The fourth-order valence-corrected chi connectivity index (χ4v) is 2.80. The highest BCUT2D eigenvalue weighted by Gasteiger charge is 2.11. The first-order valence-corrected chi connectivity index (χ1v) is 9.82. The topological polar surface area (TPSA) is 47.6 Å². The number of carbonyl (C=O) groups excluding carboxylic acids is 1. The number of rotatable bonds is 11. The number of hydrogen-bond donors (Lipinski definition) is 1. The molecule has 0 fully saturated rings.